The molecule has 2 nitrogen and oxygen atoms in total. The van der Waals surface area contributed by atoms with Crippen molar-refractivity contribution >= 4 is 11.8 Å². The second-order valence-electron chi connectivity index (χ2n) is 5.88. The van der Waals surface area contributed by atoms with Crippen LogP contribution in [0.15, 0.2) is 53.8 Å². The van der Waals surface area contributed by atoms with Gasteiger partial charge in [-0.15, -0.1) is 11.8 Å². The van der Waals surface area contributed by atoms with Crippen molar-refractivity contribution in [2.75, 3.05) is 0 Å². The summed E-state index contributed by atoms with van der Waals surface area (Å²) in [4.78, 5) is 10.3. The van der Waals surface area contributed by atoms with E-state index in [1.165, 1.54) is 38.3 Å². The number of aromatic nitrogens is 2. The van der Waals surface area contributed by atoms with E-state index in [0.717, 1.165) is 11.4 Å². The lowest BCUT2D eigenvalue weighted by molar-refractivity contribution is 0.949. The number of nitrogens with zero attached hydrogens (tertiary/aromatic N) is 2. The number of fused-ring (bicyclic) bond motifs is 7. The molecule has 1 unspecified atom stereocenters. The SMILES string of the molecule is CC1c2cccnc2-c2ccc3c(c21)-c1cnccc1SC3. The highest BCUT2D eigenvalue weighted by Gasteiger charge is 2.32. The molecule has 0 saturated carbocycles. The molecule has 3 heteroatoms. The molecule has 3 heterocycles. The summed E-state index contributed by atoms with van der Waals surface area (Å²) in [5, 5.41) is 0. The molecule has 0 fully saturated rings. The lowest BCUT2D eigenvalue weighted by atomic mass is 9.88. The van der Waals surface area contributed by atoms with Crippen molar-refractivity contribution in [3.63, 3.8) is 0 Å². The van der Waals surface area contributed by atoms with Gasteiger partial charge in [-0.25, -0.2) is 0 Å². The fourth-order valence-electron chi connectivity index (χ4n) is 3.76. The van der Waals surface area contributed by atoms with Crippen LogP contribution in [-0.2, 0) is 5.75 Å². The Kier molecular flexibility index (Phi) is 2.50. The van der Waals surface area contributed by atoms with Crippen molar-refractivity contribution in [1.82, 2.24) is 9.97 Å². The zero-order chi connectivity index (χ0) is 14.7. The van der Waals surface area contributed by atoms with Crippen LogP contribution in [0.4, 0.5) is 0 Å². The molecule has 0 radical (unpaired) electrons. The van der Waals surface area contributed by atoms with Gasteiger partial charge in [0.15, 0.2) is 0 Å². The molecule has 1 aromatic carbocycles. The maximum atomic E-state index is 4.64. The van der Waals surface area contributed by atoms with Gasteiger partial charge in [-0.3, -0.25) is 9.97 Å². The summed E-state index contributed by atoms with van der Waals surface area (Å²) in [5.41, 5.74) is 9.31. The second-order valence-corrected chi connectivity index (χ2v) is 6.90. The lowest BCUT2D eigenvalue weighted by Gasteiger charge is -2.23. The monoisotopic (exact) mass is 302 g/mol. The number of pyridine rings is 2. The van der Waals surface area contributed by atoms with Crippen LogP contribution in [0.25, 0.3) is 22.4 Å². The Bertz CT molecular complexity index is 917. The van der Waals surface area contributed by atoms with Gasteiger partial charge < -0.3 is 0 Å². The average molecular weight is 302 g/mol. The van der Waals surface area contributed by atoms with Crippen LogP contribution >= 0.6 is 11.8 Å². The number of hydrogen-bond donors (Lipinski definition) is 0. The molecule has 5 rings (SSSR count). The third kappa shape index (κ3) is 1.52. The first-order valence-corrected chi connectivity index (χ1v) is 8.51. The van der Waals surface area contributed by atoms with Crippen LogP contribution in [-0.4, -0.2) is 9.97 Å². The first kappa shape index (κ1) is 12.4. The molecule has 1 aliphatic carbocycles. The highest BCUT2D eigenvalue weighted by Crippen LogP contribution is 2.52. The lowest BCUT2D eigenvalue weighted by Crippen LogP contribution is -2.02. The molecule has 1 atom stereocenters. The third-order valence-corrected chi connectivity index (χ3v) is 5.88. The molecule has 22 heavy (non-hydrogen) atoms. The highest BCUT2D eigenvalue weighted by atomic mass is 32.2. The van der Waals surface area contributed by atoms with E-state index in [2.05, 4.69) is 41.2 Å². The molecule has 0 spiro atoms. The minimum atomic E-state index is 0.393. The summed E-state index contributed by atoms with van der Waals surface area (Å²) < 4.78 is 0. The molecule has 2 aliphatic rings. The van der Waals surface area contributed by atoms with Crippen molar-refractivity contribution in [2.45, 2.75) is 23.5 Å². The average Bonchev–Trinajstić information content (AvgIpc) is 2.88. The predicted octanol–water partition coefficient (Wildman–Crippen LogP) is 4.88. The van der Waals surface area contributed by atoms with E-state index in [9.17, 15) is 0 Å². The largest absolute Gasteiger partial charge is 0.264 e. The maximum Gasteiger partial charge on any atom is 0.0743 e. The Morgan fingerprint density at radius 2 is 2.05 bits per heavy atom. The fourth-order valence-corrected chi connectivity index (χ4v) is 4.78. The van der Waals surface area contributed by atoms with Gasteiger partial charge in [0.2, 0.25) is 0 Å². The first-order valence-electron chi connectivity index (χ1n) is 7.53. The van der Waals surface area contributed by atoms with Crippen LogP contribution in [0.2, 0.25) is 0 Å². The van der Waals surface area contributed by atoms with Crippen molar-refractivity contribution < 1.29 is 0 Å². The van der Waals surface area contributed by atoms with Gasteiger partial charge in [0.05, 0.1) is 5.69 Å². The van der Waals surface area contributed by atoms with Gasteiger partial charge >= 0.3 is 0 Å². The Labute approximate surface area is 133 Å². The maximum absolute atomic E-state index is 4.64. The van der Waals surface area contributed by atoms with Gasteiger partial charge in [-0.2, -0.15) is 0 Å². The van der Waals surface area contributed by atoms with Crippen LogP contribution < -0.4 is 0 Å². The van der Waals surface area contributed by atoms with E-state index in [-0.39, 0.29) is 0 Å². The minimum absolute atomic E-state index is 0.393. The quantitative estimate of drug-likeness (QED) is 0.592. The van der Waals surface area contributed by atoms with Crippen molar-refractivity contribution in [1.29, 1.82) is 0 Å². The van der Waals surface area contributed by atoms with Gasteiger partial charge in [-0.1, -0.05) is 25.1 Å². The normalized spacial score (nSPS) is 17.4. The molecular weight excluding hydrogens is 288 g/mol. The highest BCUT2D eigenvalue weighted by molar-refractivity contribution is 7.98. The molecule has 0 saturated heterocycles. The zero-order valence-electron chi connectivity index (χ0n) is 12.2. The van der Waals surface area contributed by atoms with Crippen molar-refractivity contribution in [3.05, 3.63) is 65.6 Å². The van der Waals surface area contributed by atoms with Crippen LogP contribution in [0.5, 0.6) is 0 Å². The van der Waals surface area contributed by atoms with Crippen molar-refractivity contribution in [3.8, 4) is 22.4 Å². The molecule has 0 amide bonds. The molecule has 3 aromatic rings. The fraction of sp³-hybridized carbons (Fsp3) is 0.158. The minimum Gasteiger partial charge on any atom is -0.264 e. The summed E-state index contributed by atoms with van der Waals surface area (Å²) in [5.74, 6) is 1.43. The zero-order valence-corrected chi connectivity index (χ0v) is 13.0. The molecule has 1 aliphatic heterocycles. The van der Waals surface area contributed by atoms with Gasteiger partial charge in [0.25, 0.3) is 0 Å². The van der Waals surface area contributed by atoms with E-state index in [1.807, 2.05) is 36.4 Å². The summed E-state index contributed by atoms with van der Waals surface area (Å²) in [6, 6.07) is 10.9. The smallest absolute Gasteiger partial charge is 0.0743 e. The standard InChI is InChI=1S/C19H14N2S/c1-11-13-3-2-7-21-19(13)14-5-4-12-10-22-16-6-8-20-9-15(16)18(12)17(11)14/h2-9,11H,10H2,1H3. The number of thioether (sulfide) groups is 1. The summed E-state index contributed by atoms with van der Waals surface area (Å²) in [6.45, 7) is 2.30. The molecule has 0 N–H and O–H groups in total. The summed E-state index contributed by atoms with van der Waals surface area (Å²) in [7, 11) is 0. The molecule has 0 bridgehead atoms. The summed E-state index contributed by atoms with van der Waals surface area (Å²) in [6.07, 6.45) is 5.80. The van der Waals surface area contributed by atoms with E-state index >= 15 is 0 Å². The second kappa shape index (κ2) is 4.43. The van der Waals surface area contributed by atoms with E-state index < -0.39 is 0 Å². The molecular formula is C19H14N2S. The number of benzene rings is 1. The summed E-state index contributed by atoms with van der Waals surface area (Å²) >= 11 is 1.91. The van der Waals surface area contributed by atoms with Crippen LogP contribution in [0.1, 0.15) is 29.5 Å². The Morgan fingerprint density at radius 3 is 3.00 bits per heavy atom. The van der Waals surface area contributed by atoms with Gasteiger partial charge in [0.1, 0.15) is 0 Å². The van der Waals surface area contributed by atoms with E-state index in [1.54, 1.807) is 0 Å². The van der Waals surface area contributed by atoms with E-state index in [4.69, 9.17) is 0 Å². The third-order valence-electron chi connectivity index (χ3n) is 4.76. The first-order chi connectivity index (χ1) is 10.8. The Balaban J connectivity index is 1.87. The van der Waals surface area contributed by atoms with E-state index in [0.29, 0.717) is 5.92 Å². The predicted molar refractivity (Wildman–Crippen MR) is 90.0 cm³/mol. The molecule has 2 aromatic heterocycles. The van der Waals surface area contributed by atoms with Crippen LogP contribution in [0, 0.1) is 0 Å². The van der Waals surface area contributed by atoms with Crippen molar-refractivity contribution in [2.24, 2.45) is 0 Å². The van der Waals surface area contributed by atoms with Gasteiger partial charge in [-0.05, 0) is 34.4 Å². The number of hydrogen-bond acceptors (Lipinski definition) is 3. The topological polar surface area (TPSA) is 25.8 Å². The van der Waals surface area contributed by atoms with Gasteiger partial charge in [0, 0.05) is 46.3 Å². The Morgan fingerprint density at radius 1 is 1.09 bits per heavy atom. The Hall–Kier alpha value is -2.13. The number of rotatable bonds is 0. The molecule has 106 valence electrons. The van der Waals surface area contributed by atoms with Crippen LogP contribution in [0.3, 0.4) is 0 Å².